The molecule has 0 atom stereocenters. The maximum Gasteiger partial charge on any atom is 0.264 e. The number of Topliss-reactive ketones (excluding diaryl/α,β-unsaturated/α-hetero) is 1. The van der Waals surface area contributed by atoms with Crippen molar-refractivity contribution in [3.63, 3.8) is 0 Å². The van der Waals surface area contributed by atoms with Crippen molar-refractivity contribution in [3.8, 4) is 0 Å². The van der Waals surface area contributed by atoms with Crippen LogP contribution in [-0.4, -0.2) is 5.78 Å². The Hall–Kier alpha value is -0.960. The van der Waals surface area contributed by atoms with E-state index in [-0.39, 0.29) is 21.9 Å². The lowest BCUT2D eigenvalue weighted by molar-refractivity contribution is 0.101. The summed E-state index contributed by atoms with van der Waals surface area (Å²) < 4.78 is 25.0. The smallest absolute Gasteiger partial charge is 0.264 e. The summed E-state index contributed by atoms with van der Waals surface area (Å²) >= 11 is 5.72. The van der Waals surface area contributed by atoms with E-state index in [0.717, 1.165) is 0 Å². The first kappa shape index (κ1) is 11.1. The monoisotopic (exact) mass is 218 g/mol. The molecule has 0 bridgehead atoms. The summed E-state index contributed by atoms with van der Waals surface area (Å²) in [5.41, 5.74) is 0.366. The van der Waals surface area contributed by atoms with E-state index in [1.807, 2.05) is 0 Å². The second kappa shape index (κ2) is 4.05. The van der Waals surface area contributed by atoms with Crippen molar-refractivity contribution < 1.29 is 13.6 Å². The predicted octanol–water partition coefficient (Wildman–Crippen LogP) is 3.79. The van der Waals surface area contributed by atoms with Gasteiger partial charge in [0, 0.05) is 16.1 Å². The van der Waals surface area contributed by atoms with Crippen molar-refractivity contribution in [2.24, 2.45) is 0 Å². The van der Waals surface area contributed by atoms with Crippen molar-refractivity contribution in [2.75, 3.05) is 0 Å². The quantitative estimate of drug-likeness (QED) is 0.691. The van der Waals surface area contributed by atoms with Gasteiger partial charge in [0.25, 0.3) is 6.43 Å². The van der Waals surface area contributed by atoms with Crippen molar-refractivity contribution >= 4 is 17.4 Å². The third kappa shape index (κ3) is 2.10. The molecule has 0 aliphatic carbocycles. The lowest BCUT2D eigenvalue weighted by atomic mass is 10.0. The molecule has 0 aromatic heterocycles. The Morgan fingerprint density at radius 1 is 1.43 bits per heavy atom. The minimum absolute atomic E-state index is 0.178. The highest BCUT2D eigenvalue weighted by Gasteiger charge is 2.15. The third-order valence-electron chi connectivity index (χ3n) is 2.03. The van der Waals surface area contributed by atoms with Crippen LogP contribution in [-0.2, 0) is 0 Å². The number of hydrogen-bond acceptors (Lipinski definition) is 1. The van der Waals surface area contributed by atoms with Crippen LogP contribution in [0.5, 0.6) is 0 Å². The van der Waals surface area contributed by atoms with E-state index in [1.165, 1.54) is 26.0 Å². The molecule has 1 rings (SSSR count). The number of ketones is 1. The zero-order chi connectivity index (χ0) is 10.9. The highest BCUT2D eigenvalue weighted by Crippen LogP contribution is 2.29. The van der Waals surface area contributed by atoms with Crippen LogP contribution in [0.3, 0.4) is 0 Å². The molecular weight excluding hydrogens is 210 g/mol. The average molecular weight is 219 g/mol. The van der Waals surface area contributed by atoms with Gasteiger partial charge in [0.2, 0.25) is 0 Å². The zero-order valence-corrected chi connectivity index (χ0v) is 8.53. The van der Waals surface area contributed by atoms with Crippen molar-refractivity contribution in [3.05, 3.63) is 33.8 Å². The number of alkyl halides is 2. The van der Waals surface area contributed by atoms with Gasteiger partial charge in [-0.2, -0.15) is 0 Å². The van der Waals surface area contributed by atoms with Gasteiger partial charge in [0.15, 0.2) is 5.78 Å². The van der Waals surface area contributed by atoms with Crippen molar-refractivity contribution in [1.29, 1.82) is 0 Å². The summed E-state index contributed by atoms with van der Waals surface area (Å²) in [4.78, 5) is 11.0. The van der Waals surface area contributed by atoms with Crippen LogP contribution in [0.1, 0.15) is 34.8 Å². The van der Waals surface area contributed by atoms with E-state index in [1.54, 1.807) is 0 Å². The molecule has 76 valence electrons. The van der Waals surface area contributed by atoms with Crippen molar-refractivity contribution in [1.82, 2.24) is 0 Å². The maximum atomic E-state index is 12.5. The van der Waals surface area contributed by atoms with Crippen molar-refractivity contribution in [2.45, 2.75) is 20.3 Å². The number of carbonyl (C=O) groups excluding carboxylic acids is 1. The first-order valence-electron chi connectivity index (χ1n) is 4.02. The first-order chi connectivity index (χ1) is 6.43. The first-order valence-corrected chi connectivity index (χ1v) is 4.40. The fourth-order valence-electron chi connectivity index (χ4n) is 1.13. The summed E-state index contributed by atoms with van der Waals surface area (Å²) in [6, 6.07) is 2.60. The van der Waals surface area contributed by atoms with Gasteiger partial charge in [-0.3, -0.25) is 4.79 Å². The van der Waals surface area contributed by atoms with Crippen LogP contribution in [0.4, 0.5) is 8.78 Å². The lowest BCUT2D eigenvalue weighted by Crippen LogP contribution is -1.98. The SMILES string of the molecule is CC(=O)c1cc(Cl)c(C)c(C(F)F)c1. The van der Waals surface area contributed by atoms with Gasteiger partial charge in [-0.15, -0.1) is 0 Å². The van der Waals surface area contributed by atoms with Crippen LogP contribution in [0.2, 0.25) is 5.02 Å². The molecule has 0 unspecified atom stereocenters. The van der Waals surface area contributed by atoms with Gasteiger partial charge in [0.05, 0.1) is 0 Å². The molecule has 0 spiro atoms. The van der Waals surface area contributed by atoms with E-state index in [2.05, 4.69) is 0 Å². The number of hydrogen-bond donors (Lipinski definition) is 0. The Morgan fingerprint density at radius 3 is 2.43 bits per heavy atom. The van der Waals surface area contributed by atoms with Gasteiger partial charge in [0.1, 0.15) is 0 Å². The second-order valence-electron chi connectivity index (χ2n) is 3.03. The minimum Gasteiger partial charge on any atom is -0.295 e. The molecule has 14 heavy (non-hydrogen) atoms. The Labute approximate surface area is 85.7 Å². The molecule has 0 aliphatic heterocycles. The Morgan fingerprint density at radius 2 is 2.00 bits per heavy atom. The van der Waals surface area contributed by atoms with E-state index in [0.29, 0.717) is 5.56 Å². The van der Waals surface area contributed by atoms with Gasteiger partial charge < -0.3 is 0 Å². The Bertz CT molecular complexity index is 375. The maximum absolute atomic E-state index is 12.5. The fraction of sp³-hybridized carbons (Fsp3) is 0.300. The molecule has 1 nitrogen and oxygen atoms in total. The number of halogens is 3. The van der Waals surface area contributed by atoms with Gasteiger partial charge >= 0.3 is 0 Å². The molecule has 0 saturated heterocycles. The summed E-state index contributed by atoms with van der Waals surface area (Å²) in [5.74, 6) is -0.270. The van der Waals surface area contributed by atoms with Crippen LogP contribution in [0, 0.1) is 6.92 Å². The molecule has 0 radical (unpaired) electrons. The van der Waals surface area contributed by atoms with Gasteiger partial charge in [-0.25, -0.2) is 8.78 Å². The molecule has 0 aliphatic rings. The molecule has 4 heteroatoms. The number of carbonyl (C=O) groups is 1. The summed E-state index contributed by atoms with van der Waals surface area (Å²) in [6.07, 6.45) is -2.60. The molecular formula is C10H9ClF2O. The largest absolute Gasteiger partial charge is 0.295 e. The highest BCUT2D eigenvalue weighted by atomic mass is 35.5. The molecule has 1 aromatic carbocycles. The van der Waals surface area contributed by atoms with E-state index >= 15 is 0 Å². The number of benzene rings is 1. The standard InChI is InChI=1S/C10H9ClF2O/c1-5-8(10(12)13)3-7(6(2)14)4-9(5)11/h3-4,10H,1-2H3. The molecule has 0 N–H and O–H groups in total. The normalized spacial score (nSPS) is 10.7. The molecule has 0 amide bonds. The lowest BCUT2D eigenvalue weighted by Gasteiger charge is -2.08. The topological polar surface area (TPSA) is 17.1 Å². The molecule has 0 heterocycles. The van der Waals surface area contributed by atoms with Gasteiger partial charge in [-0.1, -0.05) is 11.6 Å². The third-order valence-corrected chi connectivity index (χ3v) is 2.42. The summed E-state index contributed by atoms with van der Waals surface area (Å²) in [7, 11) is 0. The second-order valence-corrected chi connectivity index (χ2v) is 3.44. The molecule has 0 fully saturated rings. The fourth-order valence-corrected chi connectivity index (χ4v) is 1.36. The molecule has 0 saturated carbocycles. The Balaban J connectivity index is 3.35. The van der Waals surface area contributed by atoms with Crippen LogP contribution >= 0.6 is 11.6 Å². The van der Waals surface area contributed by atoms with E-state index in [9.17, 15) is 13.6 Å². The van der Waals surface area contributed by atoms with E-state index < -0.39 is 6.43 Å². The minimum atomic E-state index is -2.60. The summed E-state index contributed by atoms with van der Waals surface area (Å²) in [6.45, 7) is 2.82. The average Bonchev–Trinajstić information content (AvgIpc) is 2.08. The zero-order valence-electron chi connectivity index (χ0n) is 7.77. The number of rotatable bonds is 2. The van der Waals surface area contributed by atoms with Crippen LogP contribution in [0.25, 0.3) is 0 Å². The summed E-state index contributed by atoms with van der Waals surface area (Å²) in [5, 5.41) is 0.202. The van der Waals surface area contributed by atoms with E-state index in [4.69, 9.17) is 11.6 Å². The molecule has 1 aromatic rings. The Kier molecular flexibility index (Phi) is 3.21. The van der Waals surface area contributed by atoms with Gasteiger partial charge in [-0.05, 0) is 31.5 Å². The van der Waals surface area contributed by atoms with Crippen LogP contribution in [0.15, 0.2) is 12.1 Å². The highest BCUT2D eigenvalue weighted by molar-refractivity contribution is 6.31. The predicted molar refractivity (Wildman–Crippen MR) is 51.2 cm³/mol. The van der Waals surface area contributed by atoms with Crippen LogP contribution < -0.4 is 0 Å².